The third kappa shape index (κ3) is 12.9. The molecule has 3 aromatic heterocycles. The lowest BCUT2D eigenvalue weighted by atomic mass is 9.92. The molecule has 0 fully saturated rings. The van der Waals surface area contributed by atoms with Crippen LogP contribution in [-0.2, 0) is 40.4 Å². The van der Waals surface area contributed by atoms with Crippen LogP contribution in [0.15, 0.2) is 164 Å². The third-order valence-corrected chi connectivity index (χ3v) is 14.3. The summed E-state index contributed by atoms with van der Waals surface area (Å²) in [5, 5.41) is 0. The van der Waals surface area contributed by atoms with Gasteiger partial charge in [-0.05, 0) is 183 Å². The zero-order valence-electron chi connectivity index (χ0n) is 52.3. The van der Waals surface area contributed by atoms with E-state index in [-0.39, 0.29) is 0 Å². The second-order valence-electron chi connectivity index (χ2n) is 19.6. The van der Waals surface area contributed by atoms with Gasteiger partial charge < -0.3 is 0 Å². The highest BCUT2D eigenvalue weighted by Gasteiger charge is 2.21. The van der Waals surface area contributed by atoms with Gasteiger partial charge in [0.25, 0.3) is 0 Å². The van der Waals surface area contributed by atoms with Gasteiger partial charge >= 0.3 is 0 Å². The lowest BCUT2D eigenvalue weighted by Crippen LogP contribution is -2.32. The van der Waals surface area contributed by atoms with Gasteiger partial charge in [0, 0.05) is 58.4 Å². The number of hydrogen-bond donors (Lipinski definition) is 0. The molecule has 3 heterocycles. The molecule has 74 heavy (non-hydrogen) atoms. The number of benzene rings is 6. The Kier molecular flexibility index (Phi) is 17.0. The fourth-order valence-corrected chi connectivity index (χ4v) is 10.1. The number of nitrogens with zero attached hydrogens (tertiary/aromatic N) is 3. The Morgan fingerprint density at radius 3 is 1.04 bits per heavy atom. The molecular formula is C71H84N3+3. The molecule has 0 aliphatic rings. The molecule has 0 saturated heterocycles. The van der Waals surface area contributed by atoms with E-state index in [9.17, 15) is 0 Å². The van der Waals surface area contributed by atoms with Crippen LogP contribution in [0.5, 0.6) is 0 Å². The molecule has 9 aromatic rings. The predicted molar refractivity (Wildman–Crippen MR) is 318 cm³/mol. The average Bonchev–Trinajstić information content (AvgIpc) is 3.45. The van der Waals surface area contributed by atoms with Crippen molar-refractivity contribution in [3.8, 4) is 67.2 Å². The lowest BCUT2D eigenvalue weighted by molar-refractivity contribution is -0.661. The largest absolute Gasteiger partial charge is 0.212 e. The van der Waals surface area contributed by atoms with Crippen LogP contribution in [0, 0.1) is 62.2 Å². The summed E-state index contributed by atoms with van der Waals surface area (Å²) in [6.45, 7) is 24.8. The Labute approximate surface area is 454 Å². The van der Waals surface area contributed by atoms with Crippen LogP contribution in [-0.4, -0.2) is 0 Å². The van der Waals surface area contributed by atoms with Crippen LogP contribution in [0.3, 0.4) is 0 Å². The van der Waals surface area contributed by atoms with E-state index < -0.39 is 13.2 Å². The lowest BCUT2D eigenvalue weighted by Gasteiger charge is -2.13. The molecule has 6 aromatic carbocycles. The summed E-state index contributed by atoms with van der Waals surface area (Å²) in [7, 11) is 6.18. The topological polar surface area (TPSA) is 11.6 Å². The van der Waals surface area contributed by atoms with E-state index in [0.717, 1.165) is 40.8 Å². The summed E-state index contributed by atoms with van der Waals surface area (Å²) in [5.74, 6) is 0. The fourth-order valence-electron chi connectivity index (χ4n) is 10.1. The maximum Gasteiger partial charge on any atom is 0.212 e. The molecule has 9 rings (SSSR count). The van der Waals surface area contributed by atoms with Gasteiger partial charge in [0.05, 0.1) is 0 Å². The van der Waals surface area contributed by atoms with Gasteiger partial charge in [-0.2, -0.15) is 0 Å². The van der Waals surface area contributed by atoms with Crippen LogP contribution in [0.1, 0.15) is 108 Å². The molecule has 0 atom stereocenters. The van der Waals surface area contributed by atoms with Gasteiger partial charge in [0.2, 0.25) is 17.1 Å². The maximum absolute atomic E-state index is 8.06. The molecule has 0 bridgehead atoms. The van der Waals surface area contributed by atoms with E-state index in [1.54, 1.807) is 13.0 Å². The van der Waals surface area contributed by atoms with Crippen molar-refractivity contribution < 1.29 is 20.6 Å². The van der Waals surface area contributed by atoms with Crippen LogP contribution in [0.25, 0.3) is 67.2 Å². The molecular weight excluding hydrogens is 895 g/mol. The Morgan fingerprint density at radius 2 is 0.662 bits per heavy atom. The van der Waals surface area contributed by atoms with Gasteiger partial charge in [-0.1, -0.05) is 144 Å². The highest BCUT2D eigenvalue weighted by atomic mass is 14.9. The second kappa shape index (κ2) is 25.6. The first-order chi connectivity index (χ1) is 37.4. The number of aryl methyl sites for hydroxylation is 15. The third-order valence-electron chi connectivity index (χ3n) is 14.3. The normalized spacial score (nSPS) is 12.0. The summed E-state index contributed by atoms with van der Waals surface area (Å²) < 4.78 is 46.5. The SMILES string of the molecule is CC.CCc1c[n+](C)c(-c2cc(-c3ccccc3)c(C)cc2C)cc1C.CCc1cc(-c2cc(-c3ccccc3)c(C)cc2C)[n+](C)cc1C.[2H]C([2H])([2H])c1cc(C)c(-c2cc(C)c(C([2H])([2H])C)c[n+]2C)cc1-c1ccccc1. The molecule has 0 saturated carbocycles. The number of hydrogen-bond acceptors (Lipinski definition) is 0. The molecule has 0 unspecified atom stereocenters. The summed E-state index contributed by atoms with van der Waals surface area (Å²) in [6.07, 6.45) is 7.04. The van der Waals surface area contributed by atoms with Crippen molar-refractivity contribution in [2.24, 2.45) is 21.1 Å². The first-order valence-corrected chi connectivity index (χ1v) is 26.5. The maximum atomic E-state index is 8.06. The molecule has 0 aliphatic heterocycles. The molecule has 0 spiro atoms. The van der Waals surface area contributed by atoms with E-state index >= 15 is 0 Å². The highest BCUT2D eigenvalue weighted by molar-refractivity contribution is 5.78. The zero-order valence-corrected chi connectivity index (χ0v) is 47.3. The van der Waals surface area contributed by atoms with Gasteiger partial charge in [-0.15, -0.1) is 0 Å². The summed E-state index contributed by atoms with van der Waals surface area (Å²) in [6, 6.07) is 50.5. The minimum absolute atomic E-state index is 0.339. The predicted octanol–water partition coefficient (Wildman–Crippen LogP) is 17.0. The van der Waals surface area contributed by atoms with Crippen molar-refractivity contribution in [2.45, 2.75) is 116 Å². The van der Waals surface area contributed by atoms with Crippen molar-refractivity contribution >= 4 is 0 Å². The highest BCUT2D eigenvalue weighted by Crippen LogP contribution is 2.35. The van der Waals surface area contributed by atoms with E-state index in [0.29, 0.717) is 16.7 Å². The summed E-state index contributed by atoms with van der Waals surface area (Å²) in [4.78, 5) is 0. The number of rotatable bonds is 9. The average molecular weight is 985 g/mol. The molecule has 0 amide bonds. The smallest absolute Gasteiger partial charge is 0.201 e. The van der Waals surface area contributed by atoms with E-state index in [1.165, 1.54) is 89.3 Å². The van der Waals surface area contributed by atoms with Gasteiger partial charge in [-0.25, -0.2) is 13.7 Å². The molecule has 3 heteroatoms. The molecule has 3 nitrogen and oxygen atoms in total. The molecule has 0 aliphatic carbocycles. The van der Waals surface area contributed by atoms with Gasteiger partial charge in [0.1, 0.15) is 21.1 Å². The minimum atomic E-state index is -2.21. The van der Waals surface area contributed by atoms with E-state index in [1.807, 2.05) is 88.0 Å². The van der Waals surface area contributed by atoms with E-state index in [4.69, 9.17) is 6.85 Å². The molecule has 0 N–H and O–H groups in total. The second-order valence-corrected chi connectivity index (χ2v) is 19.6. The van der Waals surface area contributed by atoms with Gasteiger partial charge in [0.15, 0.2) is 18.6 Å². The Balaban J connectivity index is 0.000000189. The molecule has 0 radical (unpaired) electrons. The summed E-state index contributed by atoms with van der Waals surface area (Å²) in [5.41, 5.74) is 27.4. The molecule has 380 valence electrons. The zero-order chi connectivity index (χ0) is 58.1. The Hall–Kier alpha value is -7.23. The van der Waals surface area contributed by atoms with Crippen molar-refractivity contribution in [2.75, 3.05) is 0 Å². The Morgan fingerprint density at radius 1 is 0.338 bits per heavy atom. The number of aromatic nitrogens is 3. The van der Waals surface area contributed by atoms with Crippen LogP contribution < -0.4 is 13.7 Å². The van der Waals surface area contributed by atoms with Crippen LogP contribution in [0.2, 0.25) is 0 Å². The van der Waals surface area contributed by atoms with E-state index in [2.05, 4.69) is 188 Å². The summed E-state index contributed by atoms with van der Waals surface area (Å²) >= 11 is 0. The minimum Gasteiger partial charge on any atom is -0.201 e. The van der Waals surface area contributed by atoms with Crippen LogP contribution >= 0.6 is 0 Å². The number of pyridine rings is 3. The van der Waals surface area contributed by atoms with Gasteiger partial charge in [-0.3, -0.25) is 0 Å². The fraction of sp³-hybridized carbons (Fsp3) is 0.282. The van der Waals surface area contributed by atoms with Crippen molar-refractivity contribution in [1.29, 1.82) is 0 Å². The quantitative estimate of drug-likeness (QED) is 0.128. The standard InChI is InChI=1S/3C23H26N.C2H6/c2*1-6-19-15-24(5)23(13-16(19)2)22-14-21(17(3)12-18(22)4)20-10-8-7-9-11-20;1-6-19-13-23(24(5)15-18(19)4)22-14-21(16(2)12-17(22)3)20-10-8-7-9-11-20;1-2/h3*7-15H,6H2,1-5H3;1-2H3/q3*+1;/i3D3,6D2;;;. The van der Waals surface area contributed by atoms with Crippen LogP contribution in [0.4, 0.5) is 0 Å². The van der Waals surface area contributed by atoms with Crippen molar-refractivity contribution in [3.05, 3.63) is 231 Å². The first kappa shape index (κ1) is 49.0. The first-order valence-electron chi connectivity index (χ1n) is 29.0. The van der Waals surface area contributed by atoms with Crippen molar-refractivity contribution in [3.63, 3.8) is 0 Å². The van der Waals surface area contributed by atoms with Crippen molar-refractivity contribution in [1.82, 2.24) is 0 Å². The monoisotopic (exact) mass is 984 g/mol. The Bertz CT molecular complexity index is 3560.